The summed E-state index contributed by atoms with van der Waals surface area (Å²) in [5, 5.41) is 0. The van der Waals surface area contributed by atoms with Crippen molar-refractivity contribution in [2.45, 2.75) is 19.1 Å². The molecule has 72 valence electrons. The lowest BCUT2D eigenvalue weighted by Crippen LogP contribution is -2.40. The van der Waals surface area contributed by atoms with Gasteiger partial charge in [0.05, 0.1) is 25.9 Å². The lowest BCUT2D eigenvalue weighted by molar-refractivity contribution is -0.147. The summed E-state index contributed by atoms with van der Waals surface area (Å²) in [5.74, 6) is 0. The summed E-state index contributed by atoms with van der Waals surface area (Å²) in [6.45, 7) is 5.16. The van der Waals surface area contributed by atoms with E-state index in [2.05, 4.69) is 0 Å². The van der Waals surface area contributed by atoms with E-state index in [1.165, 1.54) is 0 Å². The van der Waals surface area contributed by atoms with Crippen molar-refractivity contribution in [3.05, 3.63) is 0 Å². The van der Waals surface area contributed by atoms with Gasteiger partial charge >= 0.3 is 0 Å². The molecule has 12 heavy (non-hydrogen) atoms. The van der Waals surface area contributed by atoms with Gasteiger partial charge in [-0.25, -0.2) is 0 Å². The molecule has 0 aromatic carbocycles. The standard InChI is InChI=1S/C8H17NO3/c1-2-11-7(3-9)6-12-8-4-10-5-8/h7-8H,2-6,9H2,1H3. The van der Waals surface area contributed by atoms with Gasteiger partial charge in [-0.15, -0.1) is 0 Å². The number of ether oxygens (including phenoxy) is 3. The summed E-state index contributed by atoms with van der Waals surface area (Å²) in [5.41, 5.74) is 5.47. The fraction of sp³-hybridized carbons (Fsp3) is 1.00. The summed E-state index contributed by atoms with van der Waals surface area (Å²) < 4.78 is 15.7. The highest BCUT2D eigenvalue weighted by molar-refractivity contribution is 4.66. The Hall–Kier alpha value is -0.160. The van der Waals surface area contributed by atoms with Crippen molar-refractivity contribution in [1.29, 1.82) is 0 Å². The minimum atomic E-state index is 0.0376. The van der Waals surface area contributed by atoms with Gasteiger partial charge < -0.3 is 19.9 Å². The first-order valence-corrected chi connectivity index (χ1v) is 4.37. The van der Waals surface area contributed by atoms with Gasteiger partial charge in [-0.1, -0.05) is 0 Å². The quantitative estimate of drug-likeness (QED) is 0.605. The molecule has 2 N–H and O–H groups in total. The molecule has 0 aromatic heterocycles. The Labute approximate surface area is 73.0 Å². The van der Waals surface area contributed by atoms with Crippen LogP contribution in [-0.4, -0.2) is 45.2 Å². The smallest absolute Gasteiger partial charge is 0.104 e. The molecule has 1 saturated heterocycles. The second-order valence-electron chi connectivity index (χ2n) is 2.81. The van der Waals surface area contributed by atoms with Gasteiger partial charge in [-0.05, 0) is 6.92 Å². The van der Waals surface area contributed by atoms with Gasteiger partial charge in [-0.3, -0.25) is 0 Å². The monoisotopic (exact) mass is 175 g/mol. The van der Waals surface area contributed by atoms with E-state index in [-0.39, 0.29) is 12.2 Å². The van der Waals surface area contributed by atoms with Crippen LogP contribution in [0.2, 0.25) is 0 Å². The topological polar surface area (TPSA) is 53.7 Å². The van der Waals surface area contributed by atoms with E-state index in [1.807, 2.05) is 6.92 Å². The Balaban J connectivity index is 2.01. The van der Waals surface area contributed by atoms with E-state index >= 15 is 0 Å². The molecule has 1 atom stereocenters. The predicted molar refractivity (Wildman–Crippen MR) is 45.0 cm³/mol. The lowest BCUT2D eigenvalue weighted by Gasteiger charge is -2.27. The molecule has 0 aliphatic carbocycles. The third-order valence-electron chi connectivity index (χ3n) is 1.79. The van der Waals surface area contributed by atoms with Gasteiger partial charge in [0.15, 0.2) is 0 Å². The minimum absolute atomic E-state index is 0.0376. The second kappa shape index (κ2) is 5.48. The van der Waals surface area contributed by atoms with E-state index in [1.54, 1.807) is 0 Å². The van der Waals surface area contributed by atoms with E-state index in [0.29, 0.717) is 33.0 Å². The van der Waals surface area contributed by atoms with Crippen LogP contribution in [0.3, 0.4) is 0 Å². The van der Waals surface area contributed by atoms with Crippen molar-refractivity contribution >= 4 is 0 Å². The first-order valence-electron chi connectivity index (χ1n) is 4.37. The summed E-state index contributed by atoms with van der Waals surface area (Å²) >= 11 is 0. The Kier molecular flexibility index (Phi) is 4.53. The SMILES string of the molecule is CCOC(CN)COC1COC1. The van der Waals surface area contributed by atoms with E-state index in [0.717, 1.165) is 0 Å². The van der Waals surface area contributed by atoms with Crippen LogP contribution >= 0.6 is 0 Å². The zero-order valence-electron chi connectivity index (χ0n) is 7.49. The minimum Gasteiger partial charge on any atom is -0.376 e. The highest BCUT2D eigenvalue weighted by atomic mass is 16.6. The Morgan fingerprint density at radius 3 is 2.75 bits per heavy atom. The molecule has 1 aliphatic heterocycles. The molecule has 1 aliphatic rings. The third kappa shape index (κ3) is 3.06. The Morgan fingerprint density at radius 1 is 1.58 bits per heavy atom. The number of nitrogens with two attached hydrogens (primary N) is 1. The lowest BCUT2D eigenvalue weighted by atomic mass is 10.3. The van der Waals surface area contributed by atoms with Crippen LogP contribution < -0.4 is 5.73 Å². The molecule has 0 aromatic rings. The molecule has 0 saturated carbocycles. The fourth-order valence-electron chi connectivity index (χ4n) is 0.974. The predicted octanol–water partition coefficient (Wildman–Crippen LogP) is -0.234. The van der Waals surface area contributed by atoms with Crippen molar-refractivity contribution in [1.82, 2.24) is 0 Å². The van der Waals surface area contributed by atoms with E-state index in [9.17, 15) is 0 Å². The number of hydrogen-bond donors (Lipinski definition) is 1. The number of rotatable bonds is 6. The summed E-state index contributed by atoms with van der Waals surface area (Å²) in [6, 6.07) is 0. The van der Waals surface area contributed by atoms with Gasteiger partial charge in [0.1, 0.15) is 6.10 Å². The maximum atomic E-state index is 5.47. The highest BCUT2D eigenvalue weighted by Crippen LogP contribution is 2.06. The maximum Gasteiger partial charge on any atom is 0.104 e. The molecule has 0 amide bonds. The molecule has 0 radical (unpaired) electrons. The average molecular weight is 175 g/mol. The Morgan fingerprint density at radius 2 is 2.33 bits per heavy atom. The zero-order chi connectivity index (χ0) is 8.81. The highest BCUT2D eigenvalue weighted by Gasteiger charge is 2.20. The summed E-state index contributed by atoms with van der Waals surface area (Å²) in [6.07, 6.45) is 0.301. The molecule has 4 nitrogen and oxygen atoms in total. The fourth-order valence-corrected chi connectivity index (χ4v) is 0.974. The average Bonchev–Trinajstić information content (AvgIpc) is 2.00. The van der Waals surface area contributed by atoms with Gasteiger partial charge in [0.2, 0.25) is 0 Å². The molecule has 1 heterocycles. The molecule has 0 bridgehead atoms. The van der Waals surface area contributed by atoms with Gasteiger partial charge in [-0.2, -0.15) is 0 Å². The molecular formula is C8H17NO3. The first kappa shape index (κ1) is 9.92. The van der Waals surface area contributed by atoms with Gasteiger partial charge in [0, 0.05) is 13.2 Å². The van der Waals surface area contributed by atoms with E-state index < -0.39 is 0 Å². The normalized spacial score (nSPS) is 20.5. The Bertz CT molecular complexity index is 117. The van der Waals surface area contributed by atoms with Crippen molar-refractivity contribution < 1.29 is 14.2 Å². The third-order valence-corrected chi connectivity index (χ3v) is 1.79. The first-order chi connectivity index (χ1) is 5.86. The molecule has 1 rings (SSSR count). The molecule has 1 fully saturated rings. The van der Waals surface area contributed by atoms with Crippen molar-refractivity contribution in [3.63, 3.8) is 0 Å². The maximum absolute atomic E-state index is 5.47. The van der Waals surface area contributed by atoms with Crippen LogP contribution in [0.5, 0.6) is 0 Å². The van der Waals surface area contributed by atoms with Gasteiger partial charge in [0.25, 0.3) is 0 Å². The largest absolute Gasteiger partial charge is 0.376 e. The molecular weight excluding hydrogens is 158 g/mol. The molecule has 0 spiro atoms. The van der Waals surface area contributed by atoms with Crippen LogP contribution in [0.1, 0.15) is 6.92 Å². The van der Waals surface area contributed by atoms with E-state index in [4.69, 9.17) is 19.9 Å². The van der Waals surface area contributed by atoms with Crippen LogP contribution in [0.4, 0.5) is 0 Å². The molecule has 4 heteroatoms. The second-order valence-corrected chi connectivity index (χ2v) is 2.81. The zero-order valence-corrected chi connectivity index (χ0v) is 7.49. The van der Waals surface area contributed by atoms with Crippen LogP contribution in [0.25, 0.3) is 0 Å². The van der Waals surface area contributed by atoms with Crippen LogP contribution in [0.15, 0.2) is 0 Å². The van der Waals surface area contributed by atoms with Crippen LogP contribution in [-0.2, 0) is 14.2 Å². The van der Waals surface area contributed by atoms with Crippen molar-refractivity contribution in [2.75, 3.05) is 33.0 Å². The van der Waals surface area contributed by atoms with Crippen molar-refractivity contribution in [3.8, 4) is 0 Å². The summed E-state index contributed by atoms with van der Waals surface area (Å²) in [7, 11) is 0. The van der Waals surface area contributed by atoms with Crippen LogP contribution in [0, 0.1) is 0 Å². The molecule has 1 unspecified atom stereocenters. The summed E-state index contributed by atoms with van der Waals surface area (Å²) in [4.78, 5) is 0. The van der Waals surface area contributed by atoms with Crippen molar-refractivity contribution in [2.24, 2.45) is 5.73 Å². The number of hydrogen-bond acceptors (Lipinski definition) is 4.